The first-order chi connectivity index (χ1) is 7.56. The van der Waals surface area contributed by atoms with E-state index in [1.165, 1.54) is 18.2 Å². The van der Waals surface area contributed by atoms with Gasteiger partial charge in [-0.15, -0.1) is 0 Å². The second-order valence-electron chi connectivity index (χ2n) is 3.73. The Morgan fingerprint density at radius 2 is 2.19 bits per heavy atom. The van der Waals surface area contributed by atoms with Gasteiger partial charge in [-0.2, -0.15) is 0 Å². The van der Waals surface area contributed by atoms with Gasteiger partial charge in [-0.05, 0) is 24.1 Å². The number of hydrogen-bond donors (Lipinski definition) is 2. The molecule has 4 heteroatoms. The molecule has 1 rings (SSSR count). The van der Waals surface area contributed by atoms with E-state index in [4.69, 9.17) is 5.11 Å². The molecule has 0 aromatic heterocycles. The Bertz CT molecular complexity index is 365. The standard InChI is InChI=1S/C12H15FO3/c1-2-4-10(12(15)16)11(14)8-5-3-6-9(13)7-8/h3,5-7,10-11,14H,2,4H2,1H3,(H,15,16). The summed E-state index contributed by atoms with van der Waals surface area (Å²) in [4.78, 5) is 10.9. The van der Waals surface area contributed by atoms with Gasteiger partial charge in [-0.3, -0.25) is 4.79 Å². The van der Waals surface area contributed by atoms with Crippen molar-refractivity contribution in [2.45, 2.75) is 25.9 Å². The Morgan fingerprint density at radius 1 is 1.50 bits per heavy atom. The monoisotopic (exact) mass is 226 g/mol. The van der Waals surface area contributed by atoms with E-state index in [1.807, 2.05) is 6.92 Å². The predicted molar refractivity (Wildman–Crippen MR) is 57.4 cm³/mol. The molecule has 0 amide bonds. The van der Waals surface area contributed by atoms with E-state index in [0.29, 0.717) is 18.4 Å². The first-order valence-electron chi connectivity index (χ1n) is 5.22. The number of carbonyl (C=O) groups is 1. The Kier molecular flexibility index (Phi) is 4.43. The number of carboxylic acids is 1. The summed E-state index contributed by atoms with van der Waals surface area (Å²) in [6, 6.07) is 5.40. The van der Waals surface area contributed by atoms with E-state index in [2.05, 4.69) is 0 Å². The van der Waals surface area contributed by atoms with Gasteiger partial charge in [0, 0.05) is 0 Å². The molecular weight excluding hydrogens is 211 g/mol. The average Bonchev–Trinajstić information content (AvgIpc) is 2.24. The zero-order valence-electron chi connectivity index (χ0n) is 9.06. The van der Waals surface area contributed by atoms with Crippen molar-refractivity contribution in [3.05, 3.63) is 35.6 Å². The number of rotatable bonds is 5. The van der Waals surface area contributed by atoms with Crippen LogP contribution in [0.1, 0.15) is 31.4 Å². The minimum absolute atomic E-state index is 0.306. The molecule has 0 radical (unpaired) electrons. The van der Waals surface area contributed by atoms with Crippen LogP contribution in [0.25, 0.3) is 0 Å². The van der Waals surface area contributed by atoms with Crippen LogP contribution >= 0.6 is 0 Å². The van der Waals surface area contributed by atoms with Crippen LogP contribution in [0, 0.1) is 11.7 Å². The molecule has 2 unspecified atom stereocenters. The third kappa shape index (κ3) is 3.03. The molecule has 16 heavy (non-hydrogen) atoms. The number of benzene rings is 1. The summed E-state index contributed by atoms with van der Waals surface area (Å²) < 4.78 is 12.9. The van der Waals surface area contributed by atoms with Crippen molar-refractivity contribution in [2.24, 2.45) is 5.92 Å². The van der Waals surface area contributed by atoms with Crippen molar-refractivity contribution in [3.8, 4) is 0 Å². The molecule has 3 nitrogen and oxygen atoms in total. The molecular formula is C12H15FO3. The second-order valence-corrected chi connectivity index (χ2v) is 3.73. The lowest BCUT2D eigenvalue weighted by Gasteiger charge is -2.18. The minimum Gasteiger partial charge on any atom is -0.481 e. The zero-order chi connectivity index (χ0) is 12.1. The maximum Gasteiger partial charge on any atom is 0.309 e. The molecule has 1 aromatic carbocycles. The van der Waals surface area contributed by atoms with Crippen molar-refractivity contribution < 1.29 is 19.4 Å². The van der Waals surface area contributed by atoms with Crippen LogP contribution in [0.15, 0.2) is 24.3 Å². The smallest absolute Gasteiger partial charge is 0.309 e. The maximum absolute atomic E-state index is 12.9. The van der Waals surface area contributed by atoms with Crippen molar-refractivity contribution in [1.29, 1.82) is 0 Å². The van der Waals surface area contributed by atoms with Gasteiger partial charge in [0.05, 0.1) is 12.0 Å². The summed E-state index contributed by atoms with van der Waals surface area (Å²) in [6.07, 6.45) is -0.135. The second kappa shape index (κ2) is 5.61. The van der Waals surface area contributed by atoms with E-state index in [1.54, 1.807) is 0 Å². The molecule has 0 saturated carbocycles. The average molecular weight is 226 g/mol. The van der Waals surface area contributed by atoms with Gasteiger partial charge >= 0.3 is 5.97 Å². The van der Waals surface area contributed by atoms with Crippen molar-refractivity contribution in [3.63, 3.8) is 0 Å². The summed E-state index contributed by atoms with van der Waals surface area (Å²) >= 11 is 0. The molecule has 2 atom stereocenters. The third-order valence-electron chi connectivity index (χ3n) is 2.49. The Balaban J connectivity index is 2.89. The number of carboxylic acid groups (broad SMARTS) is 1. The van der Waals surface area contributed by atoms with Crippen LogP contribution in [-0.2, 0) is 4.79 Å². The van der Waals surface area contributed by atoms with Crippen LogP contribution in [0.3, 0.4) is 0 Å². The predicted octanol–water partition coefficient (Wildman–Crippen LogP) is 2.36. The molecule has 0 spiro atoms. The molecule has 0 aliphatic rings. The fraction of sp³-hybridized carbons (Fsp3) is 0.417. The summed E-state index contributed by atoms with van der Waals surface area (Å²) in [5.74, 6) is -2.41. The third-order valence-corrected chi connectivity index (χ3v) is 2.49. The fourth-order valence-electron chi connectivity index (χ4n) is 1.65. The molecule has 0 saturated heterocycles. The van der Waals surface area contributed by atoms with E-state index < -0.39 is 23.8 Å². The number of halogens is 1. The largest absolute Gasteiger partial charge is 0.481 e. The van der Waals surface area contributed by atoms with Crippen LogP contribution in [0.5, 0.6) is 0 Å². The maximum atomic E-state index is 12.9. The SMILES string of the molecule is CCCC(C(=O)O)C(O)c1cccc(F)c1. The Morgan fingerprint density at radius 3 is 2.69 bits per heavy atom. The van der Waals surface area contributed by atoms with Gasteiger partial charge in [-0.1, -0.05) is 25.5 Å². The van der Waals surface area contributed by atoms with E-state index in [0.717, 1.165) is 6.07 Å². The highest BCUT2D eigenvalue weighted by Crippen LogP contribution is 2.26. The van der Waals surface area contributed by atoms with Gasteiger partial charge in [0.1, 0.15) is 5.82 Å². The van der Waals surface area contributed by atoms with Gasteiger partial charge in [0.15, 0.2) is 0 Å². The highest BCUT2D eigenvalue weighted by atomic mass is 19.1. The van der Waals surface area contributed by atoms with E-state index in [-0.39, 0.29) is 0 Å². The van der Waals surface area contributed by atoms with Crippen LogP contribution < -0.4 is 0 Å². The lowest BCUT2D eigenvalue weighted by Crippen LogP contribution is -2.21. The highest BCUT2D eigenvalue weighted by molar-refractivity contribution is 5.71. The number of aliphatic hydroxyl groups excluding tert-OH is 1. The summed E-state index contributed by atoms with van der Waals surface area (Å²) in [7, 11) is 0. The summed E-state index contributed by atoms with van der Waals surface area (Å²) in [5, 5.41) is 18.8. The Labute approximate surface area is 93.5 Å². The molecule has 0 aliphatic carbocycles. The van der Waals surface area contributed by atoms with E-state index >= 15 is 0 Å². The molecule has 0 heterocycles. The van der Waals surface area contributed by atoms with Crippen molar-refractivity contribution in [2.75, 3.05) is 0 Å². The topological polar surface area (TPSA) is 57.5 Å². The fourth-order valence-corrected chi connectivity index (χ4v) is 1.65. The molecule has 88 valence electrons. The molecule has 0 bridgehead atoms. The lowest BCUT2D eigenvalue weighted by molar-refractivity contribution is -0.146. The Hall–Kier alpha value is -1.42. The molecule has 0 aliphatic heterocycles. The van der Waals surface area contributed by atoms with Gasteiger partial charge < -0.3 is 10.2 Å². The molecule has 2 N–H and O–H groups in total. The number of hydrogen-bond acceptors (Lipinski definition) is 2. The van der Waals surface area contributed by atoms with Crippen molar-refractivity contribution >= 4 is 5.97 Å². The zero-order valence-corrected chi connectivity index (χ0v) is 9.06. The summed E-state index contributed by atoms with van der Waals surface area (Å²) in [6.45, 7) is 1.84. The molecule has 0 fully saturated rings. The summed E-state index contributed by atoms with van der Waals surface area (Å²) in [5.41, 5.74) is 0.306. The quantitative estimate of drug-likeness (QED) is 0.810. The lowest BCUT2D eigenvalue weighted by atomic mass is 9.92. The van der Waals surface area contributed by atoms with Gasteiger partial charge in [0.25, 0.3) is 0 Å². The van der Waals surface area contributed by atoms with Crippen LogP contribution in [-0.4, -0.2) is 16.2 Å². The van der Waals surface area contributed by atoms with Gasteiger partial charge in [0.2, 0.25) is 0 Å². The number of aliphatic hydroxyl groups is 1. The number of aliphatic carboxylic acids is 1. The highest BCUT2D eigenvalue weighted by Gasteiger charge is 2.26. The minimum atomic E-state index is -1.16. The normalized spacial score (nSPS) is 14.4. The van der Waals surface area contributed by atoms with Gasteiger partial charge in [-0.25, -0.2) is 4.39 Å². The first kappa shape index (κ1) is 12.6. The van der Waals surface area contributed by atoms with E-state index in [9.17, 15) is 14.3 Å². The van der Waals surface area contributed by atoms with Crippen molar-refractivity contribution in [1.82, 2.24) is 0 Å². The van der Waals surface area contributed by atoms with Crippen LogP contribution in [0.4, 0.5) is 4.39 Å². The van der Waals surface area contributed by atoms with Crippen LogP contribution in [0.2, 0.25) is 0 Å². The molecule has 1 aromatic rings. The first-order valence-corrected chi connectivity index (χ1v) is 5.22.